The summed E-state index contributed by atoms with van der Waals surface area (Å²) in [5.41, 5.74) is 1.42. The predicted octanol–water partition coefficient (Wildman–Crippen LogP) is 3.00. The second-order valence-electron chi connectivity index (χ2n) is 5.01. The lowest BCUT2D eigenvalue weighted by atomic mass is 10.0. The van der Waals surface area contributed by atoms with Crippen LogP contribution in [-0.4, -0.2) is 33.9 Å². The number of aromatic nitrogens is 1. The second-order valence-corrected chi connectivity index (χ2v) is 5.01. The maximum Gasteiger partial charge on any atom is 0.335 e. The van der Waals surface area contributed by atoms with Crippen molar-refractivity contribution in [3.8, 4) is 0 Å². The van der Waals surface area contributed by atoms with Gasteiger partial charge in [0.15, 0.2) is 0 Å². The Bertz CT molecular complexity index is 671. The fourth-order valence-electron chi connectivity index (χ4n) is 2.44. The van der Waals surface area contributed by atoms with Gasteiger partial charge in [0, 0.05) is 25.0 Å². The molecule has 0 radical (unpaired) electrons. The number of rotatable bonds is 5. The minimum Gasteiger partial charge on any atom is -0.478 e. The first kappa shape index (κ1) is 15.7. The standard InChI is InChI=1S/C17H18N2O3/c1-3-15(14-8-5-9-18-11-14)19(2)16(20)12-6-4-7-13(10-12)17(21)22/h4-11,15H,3H2,1-2H3,(H,21,22)/t15-/m0/s1. The van der Waals surface area contributed by atoms with Crippen LogP contribution in [-0.2, 0) is 0 Å². The number of carboxylic acids is 1. The zero-order valence-corrected chi connectivity index (χ0v) is 12.6. The van der Waals surface area contributed by atoms with Crippen LogP contribution in [0.1, 0.15) is 45.7 Å². The molecule has 0 aliphatic rings. The molecule has 5 nitrogen and oxygen atoms in total. The Balaban J connectivity index is 2.28. The Labute approximate surface area is 129 Å². The summed E-state index contributed by atoms with van der Waals surface area (Å²) >= 11 is 0. The predicted molar refractivity (Wildman–Crippen MR) is 82.8 cm³/mol. The fourth-order valence-corrected chi connectivity index (χ4v) is 2.44. The summed E-state index contributed by atoms with van der Waals surface area (Å²) in [4.78, 5) is 29.3. The highest BCUT2D eigenvalue weighted by Crippen LogP contribution is 2.24. The van der Waals surface area contributed by atoms with Gasteiger partial charge in [-0.2, -0.15) is 0 Å². The number of carbonyl (C=O) groups excluding carboxylic acids is 1. The van der Waals surface area contributed by atoms with E-state index < -0.39 is 5.97 Å². The van der Waals surface area contributed by atoms with Crippen LogP contribution >= 0.6 is 0 Å². The van der Waals surface area contributed by atoms with Gasteiger partial charge < -0.3 is 10.0 Å². The van der Waals surface area contributed by atoms with E-state index in [2.05, 4.69) is 4.98 Å². The summed E-state index contributed by atoms with van der Waals surface area (Å²) in [6.07, 6.45) is 4.17. The SMILES string of the molecule is CC[C@@H](c1cccnc1)N(C)C(=O)c1cccc(C(=O)O)c1. The number of amides is 1. The molecule has 1 atom stereocenters. The number of nitrogens with zero attached hydrogens (tertiary/aromatic N) is 2. The number of hydrogen-bond acceptors (Lipinski definition) is 3. The molecule has 5 heteroatoms. The number of hydrogen-bond donors (Lipinski definition) is 1. The molecule has 114 valence electrons. The van der Waals surface area contributed by atoms with E-state index in [1.54, 1.807) is 36.5 Å². The first-order chi connectivity index (χ1) is 10.5. The first-order valence-corrected chi connectivity index (χ1v) is 7.05. The lowest BCUT2D eigenvalue weighted by molar-refractivity contribution is 0.0697. The first-order valence-electron chi connectivity index (χ1n) is 7.05. The number of aromatic carboxylic acids is 1. The molecular weight excluding hydrogens is 280 g/mol. The molecule has 2 aromatic rings. The van der Waals surface area contributed by atoms with Gasteiger partial charge >= 0.3 is 5.97 Å². The molecule has 2 rings (SSSR count). The summed E-state index contributed by atoms with van der Waals surface area (Å²) in [5, 5.41) is 9.03. The third-order valence-corrected chi connectivity index (χ3v) is 3.60. The smallest absolute Gasteiger partial charge is 0.335 e. The van der Waals surface area contributed by atoms with Gasteiger partial charge in [0.2, 0.25) is 0 Å². The normalized spacial score (nSPS) is 11.7. The molecule has 0 unspecified atom stereocenters. The molecule has 0 spiro atoms. The van der Waals surface area contributed by atoms with E-state index in [1.807, 2.05) is 19.1 Å². The van der Waals surface area contributed by atoms with Gasteiger partial charge in [-0.3, -0.25) is 9.78 Å². The Morgan fingerprint density at radius 1 is 1.23 bits per heavy atom. The van der Waals surface area contributed by atoms with E-state index in [0.29, 0.717) is 5.56 Å². The fraction of sp³-hybridized carbons (Fsp3) is 0.235. The maximum absolute atomic E-state index is 12.6. The largest absolute Gasteiger partial charge is 0.478 e. The van der Waals surface area contributed by atoms with Crippen molar-refractivity contribution in [3.63, 3.8) is 0 Å². The second kappa shape index (κ2) is 6.85. The molecule has 0 fully saturated rings. The third kappa shape index (κ3) is 3.31. The van der Waals surface area contributed by atoms with E-state index in [9.17, 15) is 9.59 Å². The molecule has 1 heterocycles. The molecule has 0 aliphatic heterocycles. The lowest BCUT2D eigenvalue weighted by Gasteiger charge is -2.27. The van der Waals surface area contributed by atoms with Gasteiger partial charge in [-0.15, -0.1) is 0 Å². The van der Waals surface area contributed by atoms with Gasteiger partial charge in [0.05, 0.1) is 11.6 Å². The maximum atomic E-state index is 12.6. The van der Waals surface area contributed by atoms with Crippen molar-refractivity contribution in [2.75, 3.05) is 7.05 Å². The number of carbonyl (C=O) groups is 2. The summed E-state index contributed by atoms with van der Waals surface area (Å²) in [6, 6.07) is 9.74. The molecule has 0 bridgehead atoms. The highest BCUT2D eigenvalue weighted by Gasteiger charge is 2.22. The van der Waals surface area contributed by atoms with Crippen LogP contribution in [0.5, 0.6) is 0 Å². The highest BCUT2D eigenvalue weighted by molar-refractivity contribution is 5.97. The minimum absolute atomic E-state index is 0.102. The van der Waals surface area contributed by atoms with Crippen molar-refractivity contribution in [1.29, 1.82) is 0 Å². The summed E-state index contributed by atoms with van der Waals surface area (Å²) in [6.45, 7) is 2.00. The summed E-state index contributed by atoms with van der Waals surface area (Å²) in [5.74, 6) is -1.25. The van der Waals surface area contributed by atoms with Gasteiger partial charge in [-0.25, -0.2) is 4.79 Å². The van der Waals surface area contributed by atoms with Crippen LogP contribution in [0.4, 0.5) is 0 Å². The highest BCUT2D eigenvalue weighted by atomic mass is 16.4. The zero-order chi connectivity index (χ0) is 16.1. The van der Waals surface area contributed by atoms with Crippen molar-refractivity contribution in [3.05, 3.63) is 65.5 Å². The van der Waals surface area contributed by atoms with Crippen LogP contribution in [0, 0.1) is 0 Å². The van der Waals surface area contributed by atoms with Crippen LogP contribution in [0.3, 0.4) is 0 Å². The summed E-state index contributed by atoms with van der Waals surface area (Å²) < 4.78 is 0. The Kier molecular flexibility index (Phi) is 4.88. The van der Waals surface area contributed by atoms with Gasteiger partial charge in [-0.05, 0) is 36.2 Å². The molecule has 0 saturated carbocycles. The van der Waals surface area contributed by atoms with E-state index >= 15 is 0 Å². The van der Waals surface area contributed by atoms with Crippen LogP contribution in [0.2, 0.25) is 0 Å². The molecule has 0 aliphatic carbocycles. The Hall–Kier alpha value is -2.69. The van der Waals surface area contributed by atoms with Crippen molar-refractivity contribution < 1.29 is 14.7 Å². The molecule has 1 aromatic heterocycles. The number of carboxylic acid groups (broad SMARTS) is 1. The van der Waals surface area contributed by atoms with E-state index in [4.69, 9.17) is 5.11 Å². The Morgan fingerprint density at radius 3 is 2.55 bits per heavy atom. The topological polar surface area (TPSA) is 70.5 Å². The van der Waals surface area contributed by atoms with Crippen molar-refractivity contribution in [2.45, 2.75) is 19.4 Å². The number of pyridine rings is 1. The van der Waals surface area contributed by atoms with E-state index in [1.165, 1.54) is 12.1 Å². The van der Waals surface area contributed by atoms with Gasteiger partial charge in [0.25, 0.3) is 5.91 Å². The van der Waals surface area contributed by atoms with Crippen LogP contribution < -0.4 is 0 Å². The average molecular weight is 298 g/mol. The quantitative estimate of drug-likeness (QED) is 0.921. The van der Waals surface area contributed by atoms with E-state index in [-0.39, 0.29) is 17.5 Å². The summed E-state index contributed by atoms with van der Waals surface area (Å²) in [7, 11) is 1.72. The van der Waals surface area contributed by atoms with Crippen molar-refractivity contribution in [1.82, 2.24) is 9.88 Å². The minimum atomic E-state index is -1.04. The molecular formula is C17H18N2O3. The Morgan fingerprint density at radius 2 is 1.95 bits per heavy atom. The molecule has 1 amide bonds. The van der Waals surface area contributed by atoms with E-state index in [0.717, 1.165) is 12.0 Å². The molecule has 1 aromatic carbocycles. The van der Waals surface area contributed by atoms with Gasteiger partial charge in [0.1, 0.15) is 0 Å². The van der Waals surface area contributed by atoms with Crippen molar-refractivity contribution in [2.24, 2.45) is 0 Å². The zero-order valence-electron chi connectivity index (χ0n) is 12.6. The molecule has 0 saturated heterocycles. The average Bonchev–Trinajstić information content (AvgIpc) is 2.55. The van der Waals surface area contributed by atoms with Crippen molar-refractivity contribution >= 4 is 11.9 Å². The molecule has 1 N–H and O–H groups in total. The lowest BCUT2D eigenvalue weighted by Crippen LogP contribution is -2.31. The number of benzene rings is 1. The van der Waals surface area contributed by atoms with Crippen LogP contribution in [0.25, 0.3) is 0 Å². The van der Waals surface area contributed by atoms with Crippen LogP contribution in [0.15, 0.2) is 48.8 Å². The van der Waals surface area contributed by atoms with Gasteiger partial charge in [-0.1, -0.05) is 19.1 Å². The molecule has 22 heavy (non-hydrogen) atoms. The monoisotopic (exact) mass is 298 g/mol. The third-order valence-electron chi connectivity index (χ3n) is 3.60.